The average Bonchev–Trinajstić information content (AvgIpc) is 3.31. The molecule has 0 aliphatic rings. The van der Waals surface area contributed by atoms with Crippen LogP contribution in [0.5, 0.6) is 0 Å². The number of amides is 2. The highest BCUT2D eigenvalue weighted by atomic mass is 35.5. The molecule has 0 atom stereocenters. The fourth-order valence-corrected chi connectivity index (χ4v) is 4.58. The maximum atomic E-state index is 13.5. The Balaban J connectivity index is 1.80. The first kappa shape index (κ1) is 24.6. The number of halogens is 5. The summed E-state index contributed by atoms with van der Waals surface area (Å²) in [5, 5.41) is 7.27. The van der Waals surface area contributed by atoms with Gasteiger partial charge in [-0.2, -0.15) is 18.3 Å². The average molecular weight is 526 g/mol. The zero-order valence-corrected chi connectivity index (χ0v) is 19.5. The third kappa shape index (κ3) is 5.13. The van der Waals surface area contributed by atoms with Crippen molar-refractivity contribution in [1.29, 1.82) is 0 Å². The quantitative estimate of drug-likeness (QED) is 0.329. The van der Waals surface area contributed by atoms with Crippen LogP contribution in [0, 0.1) is 12.7 Å². The Bertz CT molecular complexity index is 1430. The van der Waals surface area contributed by atoms with Gasteiger partial charge in [-0.25, -0.2) is 9.37 Å². The number of pyridine rings is 1. The van der Waals surface area contributed by atoms with Gasteiger partial charge < -0.3 is 11.1 Å². The highest BCUT2D eigenvalue weighted by molar-refractivity contribution is 7.21. The van der Waals surface area contributed by atoms with Gasteiger partial charge in [0.25, 0.3) is 5.91 Å². The molecule has 35 heavy (non-hydrogen) atoms. The number of aryl methyl sites for hydroxylation is 2. The molecule has 0 aliphatic heterocycles. The van der Waals surface area contributed by atoms with E-state index in [1.807, 2.05) is 0 Å². The maximum absolute atomic E-state index is 13.5. The number of thiophene rings is 1. The van der Waals surface area contributed by atoms with Gasteiger partial charge in [-0.1, -0.05) is 23.7 Å². The number of nitrogens with two attached hydrogens (primary N) is 1. The lowest BCUT2D eigenvalue weighted by Crippen LogP contribution is -2.18. The number of anilines is 1. The van der Waals surface area contributed by atoms with Crippen LogP contribution in [0.2, 0.25) is 5.02 Å². The van der Waals surface area contributed by atoms with Crippen molar-refractivity contribution in [2.24, 2.45) is 5.73 Å². The molecule has 0 saturated heterocycles. The first-order valence-corrected chi connectivity index (χ1v) is 11.2. The van der Waals surface area contributed by atoms with E-state index in [1.54, 1.807) is 13.1 Å². The van der Waals surface area contributed by atoms with Crippen LogP contribution in [-0.2, 0) is 17.5 Å². The number of carbonyl (C=O) groups is 2. The fourth-order valence-electron chi connectivity index (χ4n) is 3.42. The summed E-state index contributed by atoms with van der Waals surface area (Å²) in [5.74, 6) is -2.07. The number of benzene rings is 1. The van der Waals surface area contributed by atoms with Crippen LogP contribution in [0.25, 0.3) is 21.3 Å². The zero-order chi connectivity index (χ0) is 25.5. The molecule has 0 bridgehead atoms. The summed E-state index contributed by atoms with van der Waals surface area (Å²) < 4.78 is 55.6. The Morgan fingerprint density at radius 1 is 1.23 bits per heavy atom. The van der Waals surface area contributed by atoms with E-state index in [4.69, 9.17) is 17.3 Å². The summed E-state index contributed by atoms with van der Waals surface area (Å²) in [6, 6.07) is 5.55. The van der Waals surface area contributed by atoms with E-state index in [9.17, 15) is 27.2 Å². The normalized spacial score (nSPS) is 11.7. The molecular weight excluding hydrogens is 510 g/mol. The summed E-state index contributed by atoms with van der Waals surface area (Å²) >= 11 is 6.59. The van der Waals surface area contributed by atoms with Crippen LogP contribution < -0.4 is 11.1 Å². The molecule has 0 aliphatic carbocycles. The van der Waals surface area contributed by atoms with Crippen LogP contribution in [0.15, 0.2) is 36.5 Å². The van der Waals surface area contributed by atoms with Gasteiger partial charge in [0, 0.05) is 24.5 Å². The molecule has 1 aromatic carbocycles. The van der Waals surface area contributed by atoms with Crippen molar-refractivity contribution in [3.63, 3.8) is 0 Å². The molecule has 0 radical (unpaired) electrons. The van der Waals surface area contributed by atoms with Gasteiger partial charge in [-0.15, -0.1) is 11.3 Å². The predicted octanol–water partition coefficient (Wildman–Crippen LogP) is 5.41. The van der Waals surface area contributed by atoms with Gasteiger partial charge in [0.1, 0.15) is 21.2 Å². The molecule has 13 heteroatoms. The van der Waals surface area contributed by atoms with E-state index in [0.717, 1.165) is 18.2 Å². The van der Waals surface area contributed by atoms with Crippen molar-refractivity contribution in [3.05, 3.63) is 63.6 Å². The van der Waals surface area contributed by atoms with Crippen molar-refractivity contribution in [1.82, 2.24) is 14.8 Å². The van der Waals surface area contributed by atoms with Crippen molar-refractivity contribution in [3.8, 4) is 11.1 Å². The number of rotatable bonds is 6. The second-order valence-corrected chi connectivity index (χ2v) is 8.94. The molecule has 2 amide bonds. The van der Waals surface area contributed by atoms with Crippen molar-refractivity contribution in [2.75, 3.05) is 5.32 Å². The van der Waals surface area contributed by atoms with Crippen LogP contribution in [0.1, 0.15) is 27.5 Å². The predicted molar refractivity (Wildman–Crippen MR) is 124 cm³/mol. The second-order valence-electron chi connectivity index (χ2n) is 7.53. The Kier molecular flexibility index (Phi) is 6.52. The highest BCUT2D eigenvalue weighted by Gasteiger charge is 2.35. The number of hydrogen-bond donors (Lipinski definition) is 2. The number of hydrogen-bond acceptors (Lipinski definition) is 5. The summed E-state index contributed by atoms with van der Waals surface area (Å²) in [5.41, 5.74) is 5.03. The number of aromatic nitrogens is 3. The third-order valence-corrected chi connectivity index (χ3v) is 6.52. The molecule has 0 spiro atoms. The molecule has 0 saturated carbocycles. The first-order chi connectivity index (χ1) is 16.4. The molecule has 7 nitrogen and oxygen atoms in total. The van der Waals surface area contributed by atoms with Crippen LogP contribution in [-0.4, -0.2) is 26.6 Å². The minimum Gasteiger partial charge on any atom is -0.365 e. The summed E-state index contributed by atoms with van der Waals surface area (Å²) in [6.07, 6.45) is -3.31. The number of nitrogens with zero attached hydrogens (tertiary/aromatic N) is 3. The molecule has 182 valence electrons. The van der Waals surface area contributed by atoms with E-state index < -0.39 is 29.5 Å². The van der Waals surface area contributed by atoms with Gasteiger partial charge >= 0.3 is 6.18 Å². The molecule has 3 aromatic heterocycles. The molecule has 4 aromatic rings. The number of carbonyl (C=O) groups excluding carboxylic acids is 2. The van der Waals surface area contributed by atoms with Crippen LogP contribution >= 0.6 is 22.9 Å². The summed E-state index contributed by atoms with van der Waals surface area (Å²) in [4.78, 5) is 28.2. The van der Waals surface area contributed by atoms with Crippen molar-refractivity contribution >= 4 is 50.7 Å². The minimum atomic E-state index is -4.79. The molecular formula is C22H16ClF4N5O2S. The van der Waals surface area contributed by atoms with E-state index >= 15 is 0 Å². The monoisotopic (exact) mass is 525 g/mol. The highest BCUT2D eigenvalue weighted by Crippen LogP contribution is 2.43. The Morgan fingerprint density at radius 2 is 1.91 bits per heavy atom. The van der Waals surface area contributed by atoms with Crippen molar-refractivity contribution in [2.45, 2.75) is 26.1 Å². The van der Waals surface area contributed by atoms with Gasteiger partial charge in [0.2, 0.25) is 5.91 Å². The standard InChI is InChI=1S/C22H16ClF4N5O2S/c1-10-14(23)9-32(31-10)7-6-16(33)30-18-17-13(11-2-4-12(24)5-3-11)8-15(22(25,26)27)29-21(17)35-19(18)20(28)34/h2-5,8-9H,6-7H2,1H3,(H2,28,34)(H,30,33). The Morgan fingerprint density at radius 3 is 2.49 bits per heavy atom. The molecule has 0 unspecified atom stereocenters. The number of primary amides is 1. The van der Waals surface area contributed by atoms with E-state index in [2.05, 4.69) is 15.4 Å². The smallest absolute Gasteiger partial charge is 0.365 e. The van der Waals surface area contributed by atoms with E-state index in [1.165, 1.54) is 16.8 Å². The SMILES string of the molecule is Cc1nn(CCC(=O)Nc2c(C(N)=O)sc3nc(C(F)(F)F)cc(-c4ccc(F)cc4)c23)cc1Cl. The largest absolute Gasteiger partial charge is 0.433 e. The van der Waals surface area contributed by atoms with Gasteiger partial charge in [-0.3, -0.25) is 14.3 Å². The fraction of sp³-hybridized carbons (Fsp3) is 0.182. The maximum Gasteiger partial charge on any atom is 0.433 e. The van der Waals surface area contributed by atoms with Crippen LogP contribution in [0.4, 0.5) is 23.2 Å². The lowest BCUT2D eigenvalue weighted by Gasteiger charge is -2.12. The first-order valence-electron chi connectivity index (χ1n) is 10.0. The zero-order valence-electron chi connectivity index (χ0n) is 17.9. The third-order valence-electron chi connectivity index (χ3n) is 5.05. The number of nitrogens with one attached hydrogen (secondary N) is 1. The summed E-state index contributed by atoms with van der Waals surface area (Å²) in [7, 11) is 0. The van der Waals surface area contributed by atoms with Gasteiger partial charge in [0.15, 0.2) is 0 Å². The number of fused-ring (bicyclic) bond motifs is 1. The number of alkyl halides is 3. The summed E-state index contributed by atoms with van der Waals surface area (Å²) in [6.45, 7) is 1.86. The van der Waals surface area contributed by atoms with E-state index in [0.29, 0.717) is 22.1 Å². The molecule has 3 heterocycles. The lowest BCUT2D eigenvalue weighted by molar-refractivity contribution is -0.140. The van der Waals surface area contributed by atoms with Crippen molar-refractivity contribution < 1.29 is 27.2 Å². The molecule has 4 rings (SSSR count). The lowest BCUT2D eigenvalue weighted by atomic mass is 10.0. The van der Waals surface area contributed by atoms with E-state index in [-0.39, 0.29) is 44.9 Å². The Labute approximate surface area is 204 Å². The second kappa shape index (κ2) is 9.27. The van der Waals surface area contributed by atoms with Crippen LogP contribution in [0.3, 0.4) is 0 Å². The molecule has 0 fully saturated rings. The molecule has 3 N–H and O–H groups in total. The van der Waals surface area contributed by atoms with Gasteiger partial charge in [-0.05, 0) is 36.2 Å². The topological polar surface area (TPSA) is 103 Å². The minimum absolute atomic E-state index is 0.0101. The Hall–Kier alpha value is -3.51. The van der Waals surface area contributed by atoms with Gasteiger partial charge in [0.05, 0.1) is 16.4 Å².